The fourth-order valence-corrected chi connectivity index (χ4v) is 3.39. The van der Waals surface area contributed by atoms with Gasteiger partial charge in [0.2, 0.25) is 0 Å². The topological polar surface area (TPSA) is 40.5 Å². The zero-order valence-electron chi connectivity index (χ0n) is 9.85. The van der Waals surface area contributed by atoms with Crippen LogP contribution in [-0.4, -0.2) is 33.8 Å². The smallest absolute Gasteiger partial charge is 0.380 e. The van der Waals surface area contributed by atoms with Crippen molar-refractivity contribution in [1.82, 2.24) is 0 Å². The zero-order chi connectivity index (χ0) is 14.7. The molecule has 2 aliphatic rings. The van der Waals surface area contributed by atoms with Gasteiger partial charge in [-0.1, -0.05) is 0 Å². The SMILES string of the molecule is O[C@]1(C(F)(F)F)CC[C@@H]2C[C@H]1CC[C@]2(O)C(F)(F)F. The monoisotopic (exact) mass is 292 g/mol. The van der Waals surface area contributed by atoms with Crippen LogP contribution in [0.1, 0.15) is 32.1 Å². The van der Waals surface area contributed by atoms with Crippen LogP contribution in [-0.2, 0) is 0 Å². The van der Waals surface area contributed by atoms with Crippen molar-refractivity contribution >= 4 is 0 Å². The van der Waals surface area contributed by atoms with E-state index in [0.717, 1.165) is 0 Å². The number of rotatable bonds is 0. The molecule has 0 aromatic heterocycles. The Morgan fingerprint density at radius 2 is 1.05 bits per heavy atom. The second-order valence-electron chi connectivity index (χ2n) is 5.55. The van der Waals surface area contributed by atoms with E-state index in [1.807, 2.05) is 0 Å². The first-order chi connectivity index (χ1) is 8.42. The fraction of sp³-hybridized carbons (Fsp3) is 1.00. The normalized spacial score (nSPS) is 44.2. The number of alkyl halides is 6. The molecule has 4 atom stereocenters. The Bertz CT molecular complexity index is 331. The van der Waals surface area contributed by atoms with E-state index in [9.17, 15) is 36.6 Å². The van der Waals surface area contributed by atoms with Crippen molar-refractivity contribution in [3.05, 3.63) is 0 Å². The van der Waals surface area contributed by atoms with Gasteiger partial charge in [0.25, 0.3) is 0 Å². The Morgan fingerprint density at radius 3 is 1.32 bits per heavy atom. The molecule has 0 radical (unpaired) electrons. The molecule has 2 bridgehead atoms. The highest BCUT2D eigenvalue weighted by Crippen LogP contribution is 2.57. The molecule has 2 saturated carbocycles. The van der Waals surface area contributed by atoms with E-state index in [1.165, 1.54) is 0 Å². The standard InChI is InChI=1S/C11H14F6O2/c12-10(13,14)8(18)3-1-6-5-7(8)2-4-9(6,19)11(15,16)17/h6-7,18-19H,1-5H2/t6-,7-,8-,9-/m1/s1. The molecule has 19 heavy (non-hydrogen) atoms. The molecular weight excluding hydrogens is 278 g/mol. The molecule has 0 aromatic carbocycles. The largest absolute Gasteiger partial charge is 0.417 e. The van der Waals surface area contributed by atoms with E-state index >= 15 is 0 Å². The van der Waals surface area contributed by atoms with E-state index in [2.05, 4.69) is 0 Å². The van der Waals surface area contributed by atoms with Crippen LogP contribution in [0.2, 0.25) is 0 Å². The lowest BCUT2D eigenvalue weighted by molar-refractivity contribution is -0.333. The van der Waals surface area contributed by atoms with Crippen molar-refractivity contribution in [2.75, 3.05) is 0 Å². The van der Waals surface area contributed by atoms with Gasteiger partial charge in [-0.05, 0) is 43.9 Å². The maximum Gasteiger partial charge on any atom is 0.417 e. The predicted molar refractivity (Wildman–Crippen MR) is 52.1 cm³/mol. The van der Waals surface area contributed by atoms with E-state index in [0.29, 0.717) is 0 Å². The highest BCUT2D eigenvalue weighted by molar-refractivity contribution is 5.07. The van der Waals surface area contributed by atoms with Gasteiger partial charge in [-0.25, -0.2) is 0 Å². The maximum atomic E-state index is 12.8. The minimum Gasteiger partial charge on any atom is -0.380 e. The molecule has 0 aliphatic heterocycles. The van der Waals surface area contributed by atoms with Gasteiger partial charge >= 0.3 is 12.4 Å². The van der Waals surface area contributed by atoms with E-state index in [-0.39, 0.29) is 0 Å². The molecule has 0 aromatic rings. The average molecular weight is 292 g/mol. The number of hydrogen-bond acceptors (Lipinski definition) is 2. The molecule has 2 aliphatic carbocycles. The van der Waals surface area contributed by atoms with Crippen molar-refractivity contribution in [3.63, 3.8) is 0 Å². The van der Waals surface area contributed by atoms with Crippen LogP contribution >= 0.6 is 0 Å². The first kappa shape index (κ1) is 14.9. The summed E-state index contributed by atoms with van der Waals surface area (Å²) in [6.07, 6.45) is -12.7. The van der Waals surface area contributed by atoms with Crippen LogP contribution in [0.5, 0.6) is 0 Å². The minimum absolute atomic E-state index is 0.452. The summed E-state index contributed by atoms with van der Waals surface area (Å²) in [7, 11) is 0. The third kappa shape index (κ3) is 2.03. The highest BCUT2D eigenvalue weighted by Gasteiger charge is 2.68. The van der Waals surface area contributed by atoms with E-state index < -0.39 is 67.5 Å². The van der Waals surface area contributed by atoms with Crippen molar-refractivity contribution in [2.24, 2.45) is 11.8 Å². The second kappa shape index (κ2) is 4.00. The van der Waals surface area contributed by atoms with E-state index in [1.54, 1.807) is 0 Å². The van der Waals surface area contributed by atoms with Crippen LogP contribution in [0.4, 0.5) is 26.3 Å². The quantitative estimate of drug-likeness (QED) is 0.674. The van der Waals surface area contributed by atoms with Gasteiger partial charge in [-0.3, -0.25) is 0 Å². The minimum atomic E-state index is -4.85. The third-order valence-electron chi connectivity index (χ3n) is 4.65. The van der Waals surface area contributed by atoms with Crippen molar-refractivity contribution < 1.29 is 36.6 Å². The summed E-state index contributed by atoms with van der Waals surface area (Å²) in [5.74, 6) is -2.54. The number of fused-ring (bicyclic) bond motifs is 2. The maximum absolute atomic E-state index is 12.8. The van der Waals surface area contributed by atoms with Gasteiger partial charge in [0.15, 0.2) is 11.2 Å². The van der Waals surface area contributed by atoms with Gasteiger partial charge in [-0.15, -0.1) is 0 Å². The van der Waals surface area contributed by atoms with Crippen LogP contribution < -0.4 is 0 Å². The Labute approximate surface area is 105 Å². The molecule has 0 spiro atoms. The predicted octanol–water partition coefficient (Wildman–Crippen LogP) is 2.78. The first-order valence-electron chi connectivity index (χ1n) is 6.00. The van der Waals surface area contributed by atoms with Crippen LogP contribution in [0, 0.1) is 11.8 Å². The van der Waals surface area contributed by atoms with Gasteiger partial charge in [0.05, 0.1) is 0 Å². The lowest BCUT2D eigenvalue weighted by Gasteiger charge is -2.52. The Balaban J connectivity index is 2.24. The lowest BCUT2D eigenvalue weighted by Crippen LogP contribution is -2.63. The number of aliphatic hydroxyl groups is 2. The molecule has 8 heteroatoms. The molecule has 0 saturated heterocycles. The Hall–Kier alpha value is -0.500. The van der Waals surface area contributed by atoms with Crippen molar-refractivity contribution in [1.29, 1.82) is 0 Å². The van der Waals surface area contributed by atoms with Gasteiger partial charge < -0.3 is 10.2 Å². The fourth-order valence-electron chi connectivity index (χ4n) is 3.39. The highest BCUT2D eigenvalue weighted by atomic mass is 19.4. The van der Waals surface area contributed by atoms with Crippen LogP contribution in [0.3, 0.4) is 0 Å². The number of halogens is 6. The summed E-state index contributed by atoms with van der Waals surface area (Å²) in [5, 5.41) is 19.4. The second-order valence-corrected chi connectivity index (χ2v) is 5.55. The van der Waals surface area contributed by atoms with Crippen molar-refractivity contribution in [3.8, 4) is 0 Å². The van der Waals surface area contributed by atoms with E-state index in [4.69, 9.17) is 0 Å². The van der Waals surface area contributed by atoms with Crippen molar-refractivity contribution in [2.45, 2.75) is 55.7 Å². The molecular formula is C11H14F6O2. The summed E-state index contributed by atoms with van der Waals surface area (Å²) in [5.41, 5.74) is -5.84. The van der Waals surface area contributed by atoms with Gasteiger partial charge in [-0.2, -0.15) is 26.3 Å². The molecule has 0 unspecified atom stereocenters. The summed E-state index contributed by atoms with van der Waals surface area (Å²) in [6, 6.07) is 0. The summed E-state index contributed by atoms with van der Waals surface area (Å²) >= 11 is 0. The molecule has 2 fully saturated rings. The Morgan fingerprint density at radius 1 is 0.737 bits per heavy atom. The Kier molecular flexibility index (Phi) is 3.14. The molecule has 112 valence electrons. The average Bonchev–Trinajstić information content (AvgIpc) is 2.24. The summed E-state index contributed by atoms with van der Waals surface area (Å²) in [6.45, 7) is 0. The van der Waals surface area contributed by atoms with Crippen LogP contribution in [0.15, 0.2) is 0 Å². The summed E-state index contributed by atoms with van der Waals surface area (Å²) < 4.78 is 76.8. The van der Waals surface area contributed by atoms with Gasteiger partial charge in [0, 0.05) is 0 Å². The zero-order valence-corrected chi connectivity index (χ0v) is 9.85. The van der Waals surface area contributed by atoms with Crippen LogP contribution in [0.25, 0.3) is 0 Å². The summed E-state index contributed by atoms with van der Waals surface area (Å²) in [4.78, 5) is 0. The number of hydrogen-bond donors (Lipinski definition) is 2. The molecule has 0 amide bonds. The van der Waals surface area contributed by atoms with Gasteiger partial charge in [0.1, 0.15) is 0 Å². The third-order valence-corrected chi connectivity index (χ3v) is 4.65. The first-order valence-corrected chi connectivity index (χ1v) is 6.00. The molecule has 2 nitrogen and oxygen atoms in total. The molecule has 2 rings (SSSR count). The molecule has 2 N–H and O–H groups in total. The lowest BCUT2D eigenvalue weighted by atomic mass is 9.58. The molecule has 0 heterocycles.